The van der Waals surface area contributed by atoms with Gasteiger partial charge in [0.2, 0.25) is 10.0 Å². The molecule has 1 rings (SSSR count). The molecule has 0 amide bonds. The molecule has 0 bridgehead atoms. The number of amidine groups is 1. The van der Waals surface area contributed by atoms with Crippen molar-refractivity contribution < 1.29 is 13.6 Å². The third-order valence-electron chi connectivity index (χ3n) is 2.18. The fourth-order valence-corrected chi connectivity index (χ4v) is 3.09. The summed E-state index contributed by atoms with van der Waals surface area (Å²) in [5.41, 5.74) is 5.26. The van der Waals surface area contributed by atoms with Crippen molar-refractivity contribution in [1.82, 2.24) is 4.72 Å². The average molecular weight is 326 g/mol. The van der Waals surface area contributed by atoms with E-state index < -0.39 is 10.0 Å². The second kappa shape index (κ2) is 6.95. The Morgan fingerprint density at radius 1 is 1.32 bits per heavy atom. The number of hydrogen-bond donors (Lipinski definition) is 3. The fraction of sp³-hybridized carbons (Fsp3) is 0.300. The van der Waals surface area contributed by atoms with Gasteiger partial charge in [-0.25, -0.2) is 13.1 Å². The molecule has 0 spiro atoms. The highest BCUT2D eigenvalue weighted by Gasteiger charge is 2.14. The molecule has 0 radical (unpaired) electrons. The topological polar surface area (TPSA) is 105 Å². The second-order valence-electron chi connectivity index (χ2n) is 3.70. The summed E-state index contributed by atoms with van der Waals surface area (Å²) in [7, 11) is -3.67. The highest BCUT2D eigenvalue weighted by atomic mass is 35.5. The second-order valence-corrected chi connectivity index (χ2v) is 6.34. The van der Waals surface area contributed by atoms with Gasteiger partial charge in [-0.15, -0.1) is 0 Å². The first kappa shape index (κ1) is 16.0. The number of sulfonamides is 1. The molecule has 0 aromatic heterocycles. The molecule has 19 heavy (non-hydrogen) atoms. The Morgan fingerprint density at radius 2 is 1.89 bits per heavy atom. The number of benzene rings is 1. The lowest BCUT2D eigenvalue weighted by molar-refractivity contribution is 0.316. The van der Waals surface area contributed by atoms with Gasteiger partial charge in [0, 0.05) is 23.0 Å². The summed E-state index contributed by atoms with van der Waals surface area (Å²) in [6, 6.07) is 4.05. The molecule has 0 unspecified atom stereocenters. The molecule has 9 heteroatoms. The standard InChI is InChI=1S/C10H13Cl2N3O3S/c11-7-4-8(12)6-9(5-7)19(17,18)14-3-1-2-10(13)15-16/h4-6,14,16H,1-3H2,(H2,13,15). The van der Waals surface area contributed by atoms with Crippen LogP contribution in [0.25, 0.3) is 0 Å². The first-order valence-corrected chi connectivity index (χ1v) is 7.51. The predicted octanol–water partition coefficient (Wildman–Crippen LogP) is 1.80. The maximum atomic E-state index is 11.9. The summed E-state index contributed by atoms with van der Waals surface area (Å²) in [5, 5.41) is 11.6. The summed E-state index contributed by atoms with van der Waals surface area (Å²) in [5.74, 6) is 0.0463. The number of nitrogens with one attached hydrogen (secondary N) is 1. The quantitative estimate of drug-likeness (QED) is 0.244. The molecule has 0 heterocycles. The average Bonchev–Trinajstić information content (AvgIpc) is 2.33. The van der Waals surface area contributed by atoms with Crippen molar-refractivity contribution in [3.05, 3.63) is 28.2 Å². The van der Waals surface area contributed by atoms with Crippen molar-refractivity contribution in [2.45, 2.75) is 17.7 Å². The monoisotopic (exact) mass is 325 g/mol. The van der Waals surface area contributed by atoms with Crippen LogP contribution in [0.1, 0.15) is 12.8 Å². The van der Waals surface area contributed by atoms with Crippen LogP contribution in [0, 0.1) is 0 Å². The summed E-state index contributed by atoms with van der Waals surface area (Å²) in [4.78, 5) is -0.00574. The van der Waals surface area contributed by atoms with Crippen molar-refractivity contribution in [3.8, 4) is 0 Å². The normalized spacial score (nSPS) is 12.6. The number of rotatable bonds is 6. The van der Waals surface area contributed by atoms with Crippen LogP contribution in [0.4, 0.5) is 0 Å². The number of nitrogens with two attached hydrogens (primary N) is 1. The highest BCUT2D eigenvalue weighted by Crippen LogP contribution is 2.22. The Balaban J connectivity index is 2.66. The van der Waals surface area contributed by atoms with Crippen molar-refractivity contribution in [2.75, 3.05) is 6.54 Å². The molecular formula is C10H13Cl2N3O3S. The van der Waals surface area contributed by atoms with Gasteiger partial charge in [-0.05, 0) is 24.6 Å². The van der Waals surface area contributed by atoms with Gasteiger partial charge < -0.3 is 10.9 Å². The van der Waals surface area contributed by atoms with Crippen LogP contribution >= 0.6 is 23.2 Å². The molecule has 0 saturated carbocycles. The van der Waals surface area contributed by atoms with E-state index in [0.717, 1.165) is 0 Å². The Morgan fingerprint density at radius 3 is 2.42 bits per heavy atom. The zero-order valence-corrected chi connectivity index (χ0v) is 12.1. The minimum Gasteiger partial charge on any atom is -0.409 e. The molecule has 0 saturated heterocycles. The van der Waals surface area contributed by atoms with Gasteiger partial charge in [0.25, 0.3) is 0 Å². The van der Waals surface area contributed by atoms with Crippen LogP contribution in [0.3, 0.4) is 0 Å². The summed E-state index contributed by atoms with van der Waals surface area (Å²) >= 11 is 11.5. The molecule has 6 nitrogen and oxygen atoms in total. The minimum atomic E-state index is -3.67. The number of halogens is 2. The smallest absolute Gasteiger partial charge is 0.240 e. The lowest BCUT2D eigenvalue weighted by Crippen LogP contribution is -2.26. The van der Waals surface area contributed by atoms with Crippen molar-refractivity contribution in [3.63, 3.8) is 0 Å². The van der Waals surface area contributed by atoms with E-state index in [-0.39, 0.29) is 33.7 Å². The van der Waals surface area contributed by atoms with Crippen LogP contribution in [0.2, 0.25) is 10.0 Å². The van der Waals surface area contributed by atoms with Gasteiger partial charge in [0.05, 0.1) is 4.90 Å². The fourth-order valence-electron chi connectivity index (χ4n) is 1.29. The Bertz CT molecular complexity index is 555. The van der Waals surface area contributed by atoms with Crippen LogP contribution in [-0.4, -0.2) is 26.0 Å². The lowest BCUT2D eigenvalue weighted by Gasteiger charge is -2.07. The molecule has 4 N–H and O–H groups in total. The summed E-state index contributed by atoms with van der Waals surface area (Å²) in [6.07, 6.45) is 0.693. The highest BCUT2D eigenvalue weighted by molar-refractivity contribution is 7.89. The first-order valence-electron chi connectivity index (χ1n) is 5.27. The zero-order valence-electron chi connectivity index (χ0n) is 9.81. The molecule has 0 fully saturated rings. The molecule has 0 atom stereocenters. The van der Waals surface area contributed by atoms with Gasteiger partial charge in [-0.1, -0.05) is 28.4 Å². The van der Waals surface area contributed by atoms with Gasteiger partial charge in [0.15, 0.2) is 0 Å². The summed E-state index contributed by atoms with van der Waals surface area (Å²) < 4.78 is 26.2. The maximum Gasteiger partial charge on any atom is 0.240 e. The van der Waals surface area contributed by atoms with Crippen LogP contribution in [-0.2, 0) is 10.0 Å². The van der Waals surface area contributed by atoms with Gasteiger partial charge >= 0.3 is 0 Å². The minimum absolute atomic E-state index is 0.00574. The maximum absolute atomic E-state index is 11.9. The first-order chi connectivity index (χ1) is 8.85. The van der Waals surface area contributed by atoms with Crippen molar-refractivity contribution in [2.24, 2.45) is 10.9 Å². The molecule has 106 valence electrons. The SMILES string of the molecule is NC(CCCNS(=O)(=O)c1cc(Cl)cc(Cl)c1)=NO. The van der Waals surface area contributed by atoms with E-state index in [1.807, 2.05) is 0 Å². The number of oxime groups is 1. The lowest BCUT2D eigenvalue weighted by atomic mass is 10.3. The van der Waals surface area contributed by atoms with E-state index in [2.05, 4.69) is 9.88 Å². The van der Waals surface area contributed by atoms with E-state index in [1.165, 1.54) is 18.2 Å². The Hall–Kier alpha value is -1.02. The number of hydrogen-bond acceptors (Lipinski definition) is 4. The van der Waals surface area contributed by atoms with E-state index in [1.54, 1.807) is 0 Å². The zero-order chi connectivity index (χ0) is 14.5. The molecule has 0 aliphatic heterocycles. The molecule has 0 aliphatic rings. The molecule has 0 aliphatic carbocycles. The van der Waals surface area contributed by atoms with Crippen LogP contribution < -0.4 is 10.5 Å². The van der Waals surface area contributed by atoms with E-state index in [4.69, 9.17) is 34.1 Å². The molecule has 1 aromatic carbocycles. The Labute approximate surface area is 121 Å². The molecular weight excluding hydrogens is 313 g/mol. The molecule has 1 aromatic rings. The van der Waals surface area contributed by atoms with E-state index in [9.17, 15) is 8.42 Å². The van der Waals surface area contributed by atoms with Crippen molar-refractivity contribution in [1.29, 1.82) is 0 Å². The third kappa shape index (κ3) is 5.23. The van der Waals surface area contributed by atoms with E-state index in [0.29, 0.717) is 6.42 Å². The largest absolute Gasteiger partial charge is 0.409 e. The van der Waals surface area contributed by atoms with Gasteiger partial charge in [0.1, 0.15) is 5.84 Å². The predicted molar refractivity (Wildman–Crippen MR) is 74.3 cm³/mol. The van der Waals surface area contributed by atoms with Crippen LogP contribution in [0.15, 0.2) is 28.3 Å². The van der Waals surface area contributed by atoms with Crippen LogP contribution in [0.5, 0.6) is 0 Å². The van der Waals surface area contributed by atoms with Crippen molar-refractivity contribution >= 4 is 39.1 Å². The van der Waals surface area contributed by atoms with E-state index >= 15 is 0 Å². The third-order valence-corrected chi connectivity index (χ3v) is 4.05. The van der Waals surface area contributed by atoms with Gasteiger partial charge in [-0.3, -0.25) is 0 Å². The summed E-state index contributed by atoms with van der Waals surface area (Å²) in [6.45, 7) is 0.155. The number of nitrogens with zero attached hydrogens (tertiary/aromatic N) is 1. The van der Waals surface area contributed by atoms with Gasteiger partial charge in [-0.2, -0.15) is 0 Å². The Kier molecular flexibility index (Phi) is 5.86.